The number of aryl methyl sites for hydroxylation is 1. The largest absolute Gasteiger partial charge is 0.439 e. The van der Waals surface area contributed by atoms with Gasteiger partial charge in [0.25, 0.3) is 0 Å². The van der Waals surface area contributed by atoms with E-state index < -0.39 is 11.7 Å². The van der Waals surface area contributed by atoms with Gasteiger partial charge in [-0.3, -0.25) is 0 Å². The number of benzene rings is 1. The molecule has 0 unspecified atom stereocenters. The molecule has 1 aromatic carbocycles. The monoisotopic (exact) mass is 332 g/mol. The second-order valence-electron chi connectivity index (χ2n) is 3.70. The van der Waals surface area contributed by atoms with Crippen molar-refractivity contribution >= 4 is 15.9 Å². The molecule has 1 aromatic heterocycles. The molecular formula is C12H8BrF3N2O. The van der Waals surface area contributed by atoms with Crippen molar-refractivity contribution in [3.8, 4) is 11.6 Å². The van der Waals surface area contributed by atoms with Crippen LogP contribution in [-0.2, 0) is 6.18 Å². The minimum Gasteiger partial charge on any atom is -0.439 e. The zero-order chi connectivity index (χ0) is 14.0. The zero-order valence-electron chi connectivity index (χ0n) is 9.70. The summed E-state index contributed by atoms with van der Waals surface area (Å²) in [7, 11) is 0. The number of ether oxygens (including phenoxy) is 1. The Morgan fingerprint density at radius 3 is 2.26 bits per heavy atom. The fourth-order valence-electron chi connectivity index (χ4n) is 1.39. The topological polar surface area (TPSA) is 35.0 Å². The summed E-state index contributed by atoms with van der Waals surface area (Å²) in [6.07, 6.45) is -4.35. The van der Waals surface area contributed by atoms with E-state index in [1.165, 1.54) is 18.2 Å². The van der Waals surface area contributed by atoms with Crippen LogP contribution in [0.25, 0.3) is 0 Å². The Morgan fingerprint density at radius 1 is 1.11 bits per heavy atom. The van der Waals surface area contributed by atoms with Gasteiger partial charge >= 0.3 is 6.18 Å². The molecule has 2 aromatic rings. The lowest BCUT2D eigenvalue weighted by Crippen LogP contribution is -2.04. The van der Waals surface area contributed by atoms with Gasteiger partial charge in [0.15, 0.2) is 0 Å². The van der Waals surface area contributed by atoms with Gasteiger partial charge in [-0.2, -0.15) is 18.2 Å². The summed E-state index contributed by atoms with van der Waals surface area (Å²) in [5.41, 5.74) is -0.722. The summed E-state index contributed by atoms with van der Waals surface area (Å²) in [5.74, 6) is 1.04. The average Bonchev–Trinajstić information content (AvgIpc) is 2.26. The van der Waals surface area contributed by atoms with E-state index in [0.717, 1.165) is 12.1 Å². The third kappa shape index (κ3) is 3.66. The smallest absolute Gasteiger partial charge is 0.416 e. The molecule has 0 aliphatic rings. The van der Waals surface area contributed by atoms with Crippen molar-refractivity contribution in [2.45, 2.75) is 13.1 Å². The Balaban J connectivity index is 2.20. The normalized spacial score (nSPS) is 11.4. The molecule has 0 spiro atoms. The maximum Gasteiger partial charge on any atom is 0.416 e. The highest BCUT2D eigenvalue weighted by Crippen LogP contribution is 2.31. The van der Waals surface area contributed by atoms with Crippen LogP contribution in [0.3, 0.4) is 0 Å². The summed E-state index contributed by atoms with van der Waals surface area (Å²) in [4.78, 5) is 8.01. The van der Waals surface area contributed by atoms with Crippen molar-refractivity contribution in [1.82, 2.24) is 9.97 Å². The SMILES string of the molecule is Cc1nc(Br)cc(Oc2ccc(C(F)(F)F)cc2)n1. The quantitative estimate of drug-likeness (QED) is 0.766. The molecule has 0 radical (unpaired) electrons. The molecule has 0 saturated heterocycles. The Bertz CT molecular complexity index is 564. The molecule has 0 aliphatic carbocycles. The van der Waals surface area contributed by atoms with Crippen molar-refractivity contribution in [1.29, 1.82) is 0 Å². The van der Waals surface area contributed by atoms with Gasteiger partial charge in [-0.05, 0) is 47.1 Å². The Morgan fingerprint density at radius 2 is 1.74 bits per heavy atom. The molecular weight excluding hydrogens is 325 g/mol. The van der Waals surface area contributed by atoms with E-state index in [2.05, 4.69) is 25.9 Å². The predicted octanol–water partition coefficient (Wildman–Crippen LogP) is 4.36. The molecule has 2 rings (SSSR count). The first kappa shape index (κ1) is 13.8. The van der Waals surface area contributed by atoms with Gasteiger partial charge < -0.3 is 4.74 Å². The summed E-state index contributed by atoms with van der Waals surface area (Å²) >= 11 is 3.18. The standard InChI is InChI=1S/C12H8BrF3N2O/c1-7-17-10(13)6-11(18-7)19-9-4-2-8(3-5-9)12(14,15)16/h2-6H,1H3. The molecule has 3 nitrogen and oxygen atoms in total. The van der Waals surface area contributed by atoms with E-state index in [-0.39, 0.29) is 11.6 Å². The summed E-state index contributed by atoms with van der Waals surface area (Å²) in [6.45, 7) is 1.68. The Hall–Kier alpha value is -1.63. The van der Waals surface area contributed by atoms with E-state index >= 15 is 0 Å². The lowest BCUT2D eigenvalue weighted by atomic mass is 10.2. The molecule has 0 amide bonds. The average molecular weight is 333 g/mol. The molecule has 0 bridgehead atoms. The molecule has 0 aliphatic heterocycles. The van der Waals surface area contributed by atoms with Gasteiger partial charge in [0.1, 0.15) is 16.2 Å². The molecule has 0 saturated carbocycles. The van der Waals surface area contributed by atoms with Gasteiger partial charge in [0.2, 0.25) is 5.88 Å². The van der Waals surface area contributed by atoms with Crippen LogP contribution in [0.2, 0.25) is 0 Å². The number of aromatic nitrogens is 2. The zero-order valence-corrected chi connectivity index (χ0v) is 11.3. The summed E-state index contributed by atoms with van der Waals surface area (Å²) in [5, 5.41) is 0. The first-order chi connectivity index (χ1) is 8.84. The molecule has 0 N–H and O–H groups in total. The highest BCUT2D eigenvalue weighted by atomic mass is 79.9. The predicted molar refractivity (Wildman–Crippen MR) is 66.0 cm³/mol. The number of alkyl halides is 3. The van der Waals surface area contributed by atoms with Crippen molar-refractivity contribution in [3.05, 3.63) is 46.3 Å². The molecule has 19 heavy (non-hydrogen) atoms. The van der Waals surface area contributed by atoms with Gasteiger partial charge in [-0.1, -0.05) is 0 Å². The first-order valence-electron chi connectivity index (χ1n) is 5.21. The third-order valence-electron chi connectivity index (χ3n) is 2.19. The highest BCUT2D eigenvalue weighted by Gasteiger charge is 2.30. The Labute approximate surface area is 115 Å². The fourth-order valence-corrected chi connectivity index (χ4v) is 1.84. The van der Waals surface area contributed by atoms with Crippen molar-refractivity contribution in [2.24, 2.45) is 0 Å². The third-order valence-corrected chi connectivity index (χ3v) is 2.59. The van der Waals surface area contributed by atoms with E-state index in [1.54, 1.807) is 6.92 Å². The van der Waals surface area contributed by atoms with E-state index in [1.807, 2.05) is 0 Å². The van der Waals surface area contributed by atoms with Crippen LogP contribution in [0, 0.1) is 6.92 Å². The van der Waals surface area contributed by atoms with Crippen LogP contribution in [0.4, 0.5) is 13.2 Å². The van der Waals surface area contributed by atoms with Crippen molar-refractivity contribution in [3.63, 3.8) is 0 Å². The van der Waals surface area contributed by atoms with Gasteiger partial charge in [-0.25, -0.2) is 4.98 Å². The highest BCUT2D eigenvalue weighted by molar-refractivity contribution is 9.10. The second-order valence-corrected chi connectivity index (χ2v) is 4.51. The fraction of sp³-hybridized carbons (Fsp3) is 0.167. The number of nitrogens with zero attached hydrogens (tertiary/aromatic N) is 2. The minimum absolute atomic E-state index is 0.263. The van der Waals surface area contributed by atoms with Crippen LogP contribution in [-0.4, -0.2) is 9.97 Å². The van der Waals surface area contributed by atoms with E-state index in [4.69, 9.17) is 4.74 Å². The van der Waals surface area contributed by atoms with Crippen LogP contribution in [0.5, 0.6) is 11.6 Å². The molecule has 0 fully saturated rings. The molecule has 1 heterocycles. The first-order valence-corrected chi connectivity index (χ1v) is 6.00. The van der Waals surface area contributed by atoms with Crippen molar-refractivity contribution in [2.75, 3.05) is 0 Å². The number of halogens is 4. The maximum atomic E-state index is 12.4. The number of hydrogen-bond donors (Lipinski definition) is 0. The van der Waals surface area contributed by atoms with Crippen LogP contribution < -0.4 is 4.74 Å². The second kappa shape index (κ2) is 5.16. The molecule has 100 valence electrons. The van der Waals surface area contributed by atoms with Gasteiger partial charge in [0, 0.05) is 6.07 Å². The van der Waals surface area contributed by atoms with Crippen molar-refractivity contribution < 1.29 is 17.9 Å². The van der Waals surface area contributed by atoms with Crippen LogP contribution in [0.15, 0.2) is 34.9 Å². The lowest BCUT2D eigenvalue weighted by Gasteiger charge is -2.08. The summed E-state index contributed by atoms with van der Waals surface area (Å²) in [6, 6.07) is 5.93. The number of hydrogen-bond acceptors (Lipinski definition) is 3. The maximum absolute atomic E-state index is 12.4. The van der Waals surface area contributed by atoms with Gasteiger partial charge in [-0.15, -0.1) is 0 Å². The molecule has 7 heteroatoms. The lowest BCUT2D eigenvalue weighted by molar-refractivity contribution is -0.137. The van der Waals surface area contributed by atoms with E-state index in [0.29, 0.717) is 10.4 Å². The number of rotatable bonds is 2. The minimum atomic E-state index is -4.35. The Kier molecular flexibility index (Phi) is 3.75. The molecule has 0 atom stereocenters. The van der Waals surface area contributed by atoms with Crippen LogP contribution in [0.1, 0.15) is 11.4 Å². The van der Waals surface area contributed by atoms with E-state index in [9.17, 15) is 13.2 Å². The summed E-state index contributed by atoms with van der Waals surface area (Å²) < 4.78 is 43.1. The van der Waals surface area contributed by atoms with Gasteiger partial charge in [0.05, 0.1) is 5.56 Å². The van der Waals surface area contributed by atoms with Crippen LogP contribution >= 0.6 is 15.9 Å².